The van der Waals surface area contributed by atoms with Gasteiger partial charge in [-0.2, -0.15) is 0 Å². The Bertz CT molecular complexity index is 1290. The number of halogens is 1. The highest BCUT2D eigenvalue weighted by atomic mass is 79.9. The molecule has 1 aliphatic heterocycles. The van der Waals surface area contributed by atoms with Crippen LogP contribution in [0.15, 0.2) is 46.9 Å². The topological polar surface area (TPSA) is 161 Å². The first-order valence-electron chi connectivity index (χ1n) is 12.4. The summed E-state index contributed by atoms with van der Waals surface area (Å²) in [5.74, 6) is -3.73. The molecule has 13 heteroatoms. The molecule has 2 aromatic carbocycles. The Morgan fingerprint density at radius 1 is 0.805 bits per heavy atom. The predicted octanol–water partition coefficient (Wildman–Crippen LogP) is 3.04. The van der Waals surface area contributed by atoms with E-state index in [0.29, 0.717) is 0 Å². The van der Waals surface area contributed by atoms with Crippen LogP contribution in [0.25, 0.3) is 0 Å². The van der Waals surface area contributed by atoms with Crippen LogP contribution in [0.2, 0.25) is 0 Å². The number of phenolic OH excluding ortho intramolecular Hbond substituents is 1. The third-order valence-electron chi connectivity index (χ3n) is 5.75. The second-order valence-electron chi connectivity index (χ2n) is 9.09. The number of ether oxygens (including phenoxy) is 6. The Hall–Kier alpha value is -3.97. The molecule has 0 spiro atoms. The Morgan fingerprint density at radius 2 is 1.39 bits per heavy atom. The molecule has 1 fully saturated rings. The minimum Gasteiger partial charge on any atom is -0.507 e. The van der Waals surface area contributed by atoms with Gasteiger partial charge in [0.2, 0.25) is 12.4 Å². The van der Waals surface area contributed by atoms with Crippen molar-refractivity contribution in [3.8, 4) is 11.5 Å². The predicted molar refractivity (Wildman–Crippen MR) is 143 cm³/mol. The van der Waals surface area contributed by atoms with Crippen molar-refractivity contribution in [2.45, 2.75) is 64.8 Å². The first kappa shape index (κ1) is 31.6. The smallest absolute Gasteiger partial charge is 0.303 e. The zero-order chi connectivity index (χ0) is 30.3. The lowest BCUT2D eigenvalue weighted by molar-refractivity contribution is -0.288. The lowest BCUT2D eigenvalue weighted by atomic mass is 9.98. The van der Waals surface area contributed by atoms with Gasteiger partial charge in [-0.05, 0) is 29.8 Å². The number of rotatable bonds is 10. The number of hydrogen-bond acceptors (Lipinski definition) is 12. The molecular weight excluding hydrogens is 608 g/mol. The number of Topliss-reactive ketones (excluding diaryl/α,β-unsaturated/α-hetero) is 1. The number of ketones is 1. The number of phenols is 1. The van der Waals surface area contributed by atoms with E-state index >= 15 is 0 Å². The van der Waals surface area contributed by atoms with E-state index in [9.17, 15) is 29.1 Å². The first-order valence-corrected chi connectivity index (χ1v) is 13.2. The Kier molecular flexibility index (Phi) is 10.8. The second kappa shape index (κ2) is 14.1. The van der Waals surface area contributed by atoms with Crippen molar-refractivity contribution in [3.63, 3.8) is 0 Å². The molecule has 2 aromatic rings. The van der Waals surface area contributed by atoms with Crippen molar-refractivity contribution in [2.75, 3.05) is 6.61 Å². The number of hydrogen-bond donors (Lipinski definition) is 1. The standard InChI is InChI=1S/C28H29BrO12/c1-14(30)36-13-24-25(37-15(2)31)26(38-16(3)32)27(39-17(4)33)28(41-24)40-20-9-10-21(23(35)12-20)22(34)11-18-5-7-19(29)8-6-18/h5-10,12,24-28,35H,11,13H2,1-4H3/t24-,25-,26+,27-,28-/m0/s1. The summed E-state index contributed by atoms with van der Waals surface area (Å²) in [6, 6.07) is 11.1. The minimum atomic E-state index is -1.49. The SMILES string of the molecule is CC(=O)OC[C@@H]1O[C@H](Oc2ccc(C(=O)Cc3ccc(Br)cc3)c(O)c2)[C@@H](OC(C)=O)[C@H](OC(C)=O)[C@H]1OC(C)=O. The van der Waals surface area contributed by atoms with Gasteiger partial charge in [0.15, 0.2) is 18.0 Å². The van der Waals surface area contributed by atoms with Crippen LogP contribution in [0.5, 0.6) is 11.5 Å². The first-order chi connectivity index (χ1) is 19.3. The number of aromatic hydroxyl groups is 1. The molecule has 1 heterocycles. The maximum atomic E-state index is 12.8. The molecule has 1 saturated heterocycles. The number of benzene rings is 2. The monoisotopic (exact) mass is 636 g/mol. The molecule has 0 amide bonds. The zero-order valence-corrected chi connectivity index (χ0v) is 24.2. The van der Waals surface area contributed by atoms with E-state index in [1.54, 1.807) is 24.3 Å². The van der Waals surface area contributed by atoms with Gasteiger partial charge in [-0.15, -0.1) is 0 Å². The molecule has 12 nitrogen and oxygen atoms in total. The van der Waals surface area contributed by atoms with Gasteiger partial charge in [0.1, 0.15) is 24.2 Å². The van der Waals surface area contributed by atoms with Crippen LogP contribution < -0.4 is 4.74 Å². The van der Waals surface area contributed by atoms with E-state index in [0.717, 1.165) is 37.7 Å². The van der Waals surface area contributed by atoms with Crippen LogP contribution in [-0.4, -0.2) is 72.1 Å². The molecule has 1 aliphatic rings. The lowest BCUT2D eigenvalue weighted by Crippen LogP contribution is -2.63. The molecule has 3 rings (SSSR count). The van der Waals surface area contributed by atoms with Crippen LogP contribution in [0.4, 0.5) is 0 Å². The van der Waals surface area contributed by atoms with Crippen molar-refractivity contribution in [1.29, 1.82) is 0 Å². The highest BCUT2D eigenvalue weighted by Crippen LogP contribution is 2.33. The van der Waals surface area contributed by atoms with Crippen LogP contribution >= 0.6 is 15.9 Å². The van der Waals surface area contributed by atoms with Gasteiger partial charge in [0, 0.05) is 44.7 Å². The van der Waals surface area contributed by atoms with Gasteiger partial charge in [-0.25, -0.2) is 0 Å². The van der Waals surface area contributed by atoms with E-state index in [4.69, 9.17) is 28.4 Å². The summed E-state index contributed by atoms with van der Waals surface area (Å²) in [4.78, 5) is 60.1. The van der Waals surface area contributed by atoms with E-state index < -0.39 is 61.2 Å². The van der Waals surface area contributed by atoms with E-state index in [-0.39, 0.29) is 29.3 Å². The summed E-state index contributed by atoms with van der Waals surface area (Å²) in [5.41, 5.74) is 0.789. The van der Waals surface area contributed by atoms with Gasteiger partial charge < -0.3 is 33.5 Å². The summed E-state index contributed by atoms with van der Waals surface area (Å²) in [6.45, 7) is 4.05. The minimum absolute atomic E-state index is 0.00333. The van der Waals surface area contributed by atoms with Crippen molar-refractivity contribution in [3.05, 3.63) is 58.1 Å². The Labute approximate surface area is 243 Å². The maximum Gasteiger partial charge on any atom is 0.303 e. The summed E-state index contributed by atoms with van der Waals surface area (Å²) < 4.78 is 33.7. The summed E-state index contributed by atoms with van der Waals surface area (Å²) in [7, 11) is 0. The Balaban J connectivity index is 1.90. The van der Waals surface area contributed by atoms with Crippen molar-refractivity contribution in [2.24, 2.45) is 0 Å². The summed E-state index contributed by atoms with van der Waals surface area (Å²) in [6.07, 6.45) is -6.86. The average molecular weight is 637 g/mol. The van der Waals surface area contributed by atoms with Gasteiger partial charge in [-0.1, -0.05) is 28.1 Å². The number of esters is 4. The summed E-state index contributed by atoms with van der Waals surface area (Å²) >= 11 is 3.34. The van der Waals surface area contributed by atoms with Crippen LogP contribution in [0.1, 0.15) is 43.6 Å². The van der Waals surface area contributed by atoms with E-state index in [1.165, 1.54) is 18.2 Å². The maximum absolute atomic E-state index is 12.8. The van der Waals surface area contributed by atoms with Gasteiger partial charge in [0.05, 0.1) is 5.56 Å². The normalized spacial score (nSPS) is 21.7. The van der Waals surface area contributed by atoms with E-state index in [1.807, 2.05) is 0 Å². The average Bonchev–Trinajstić information content (AvgIpc) is 2.87. The van der Waals surface area contributed by atoms with Crippen LogP contribution in [-0.2, 0) is 49.3 Å². The van der Waals surface area contributed by atoms with Gasteiger partial charge in [-0.3, -0.25) is 24.0 Å². The highest BCUT2D eigenvalue weighted by Gasteiger charge is 2.53. The van der Waals surface area contributed by atoms with E-state index in [2.05, 4.69) is 15.9 Å². The van der Waals surface area contributed by atoms with Gasteiger partial charge in [0.25, 0.3) is 0 Å². The molecule has 5 atom stereocenters. The largest absolute Gasteiger partial charge is 0.507 e. The van der Waals surface area contributed by atoms with Crippen molar-refractivity contribution < 1.29 is 57.5 Å². The second-order valence-corrected chi connectivity index (χ2v) is 10.0. The number of carbonyl (C=O) groups is 5. The molecule has 0 saturated carbocycles. The molecule has 0 aromatic heterocycles. The zero-order valence-electron chi connectivity index (χ0n) is 22.7. The number of carbonyl (C=O) groups excluding carboxylic acids is 5. The van der Waals surface area contributed by atoms with Gasteiger partial charge >= 0.3 is 23.9 Å². The fourth-order valence-corrected chi connectivity index (χ4v) is 4.39. The highest BCUT2D eigenvalue weighted by molar-refractivity contribution is 9.10. The van der Waals surface area contributed by atoms with Crippen LogP contribution in [0.3, 0.4) is 0 Å². The summed E-state index contributed by atoms with van der Waals surface area (Å²) in [5, 5.41) is 10.6. The molecule has 0 unspecified atom stereocenters. The quantitative estimate of drug-likeness (QED) is 0.231. The molecule has 220 valence electrons. The molecule has 0 aliphatic carbocycles. The van der Waals surface area contributed by atoms with Crippen LogP contribution in [0, 0.1) is 0 Å². The Morgan fingerprint density at radius 3 is 1.95 bits per heavy atom. The molecule has 1 N–H and O–H groups in total. The molecule has 0 radical (unpaired) electrons. The third kappa shape index (κ3) is 9.02. The van der Waals surface area contributed by atoms with Crippen molar-refractivity contribution in [1.82, 2.24) is 0 Å². The lowest BCUT2D eigenvalue weighted by Gasteiger charge is -2.43. The molecule has 41 heavy (non-hydrogen) atoms. The third-order valence-corrected chi connectivity index (χ3v) is 6.28. The molecular formula is C28H29BrO12. The fourth-order valence-electron chi connectivity index (χ4n) is 4.12. The fraction of sp³-hybridized carbons (Fsp3) is 0.393. The van der Waals surface area contributed by atoms with Crippen molar-refractivity contribution >= 4 is 45.6 Å². The molecule has 0 bridgehead atoms.